The Kier molecular flexibility index (Phi) is 15.9. The van der Waals surface area contributed by atoms with Crippen molar-refractivity contribution in [2.75, 3.05) is 43.8 Å². The summed E-state index contributed by atoms with van der Waals surface area (Å²) in [5.74, 6) is -0.854. The van der Waals surface area contributed by atoms with Crippen LogP contribution in [0.1, 0.15) is 12.8 Å². The number of ether oxygens (including phenoxy) is 4. The first-order chi connectivity index (χ1) is 23.3. The first-order valence-corrected chi connectivity index (χ1v) is 19.5. The van der Waals surface area contributed by atoms with E-state index in [0.29, 0.717) is 17.4 Å². The van der Waals surface area contributed by atoms with Crippen LogP contribution in [0.3, 0.4) is 0 Å². The monoisotopic (exact) mass is 828 g/mol. The summed E-state index contributed by atoms with van der Waals surface area (Å²) in [5.41, 5.74) is 23.6. The third kappa shape index (κ3) is 9.91. The Hall–Kier alpha value is -0.560. The predicted molar refractivity (Wildman–Crippen MR) is 174 cm³/mol. The van der Waals surface area contributed by atoms with Gasteiger partial charge in [0, 0.05) is 0 Å². The van der Waals surface area contributed by atoms with Gasteiger partial charge in [-0.2, -0.15) is 0 Å². The van der Waals surface area contributed by atoms with Gasteiger partial charge in [0.2, 0.25) is 0 Å². The van der Waals surface area contributed by atoms with E-state index < -0.39 is 137 Å². The molecule has 17 atom stereocenters. The zero-order valence-electron chi connectivity index (χ0n) is 26.8. The molecule has 0 aromatic carbocycles. The van der Waals surface area contributed by atoms with Crippen molar-refractivity contribution >= 4 is 26.6 Å². The molecule has 4 aliphatic rings. The Morgan fingerprint density at radius 2 is 1.59 bits per heavy atom. The van der Waals surface area contributed by atoms with Gasteiger partial charge in [-0.25, -0.2) is 0 Å². The third-order valence-electron chi connectivity index (χ3n) is 8.95. The molecule has 4 fully saturated rings. The number of aliphatic hydroxyl groups is 8. The van der Waals surface area contributed by atoms with E-state index >= 15 is 0 Å². The molecule has 3 saturated heterocycles. The Morgan fingerprint density at radius 3 is 2.24 bits per heavy atom. The zero-order chi connectivity index (χ0) is 36.0. The normalized spacial score (nSPS) is 44.5. The van der Waals surface area contributed by atoms with Crippen LogP contribution in [-0.4, -0.2) is 195 Å². The van der Waals surface area contributed by atoms with E-state index in [9.17, 15) is 40.5 Å². The summed E-state index contributed by atoms with van der Waals surface area (Å²) in [4.78, 5) is 12.5. The molecule has 4 rings (SSSR count). The van der Waals surface area contributed by atoms with Crippen LogP contribution in [0, 0.1) is 0 Å². The van der Waals surface area contributed by atoms with Crippen LogP contribution in [0.2, 0.25) is 0 Å². The Bertz CT molecular complexity index is 1030. The van der Waals surface area contributed by atoms with Gasteiger partial charge in [-0.1, -0.05) is 0 Å². The number of alkyl halides is 1. The summed E-state index contributed by atoms with van der Waals surface area (Å²) in [7, 11) is 0. The molecular weight excluding hydrogens is 775 g/mol. The molecule has 0 aromatic heterocycles. The van der Waals surface area contributed by atoms with E-state index in [4.69, 9.17) is 53.1 Å². The van der Waals surface area contributed by atoms with Gasteiger partial charge >= 0.3 is 281 Å². The van der Waals surface area contributed by atoms with Crippen LogP contribution in [0.15, 0.2) is 0 Å². The standard InChI is InChI=1S/C27H53IN6O15/c29-6-13(38)25(43)34-11-5-10(31)22(49-28-2-1-12(37)15(48-28)8-33-3-4-35)24(18(11)39)47-27-21(42)23(16(9-36)45-27)46-26-17(32)20(41)19(40)14(7-30)44-26/h10-24,26-27,33,35-42H,1-9,29-32H2,(H,34,43)/t10-,11+,12-,13-,14-,15+,16+,17+,18-,19+,20+,21+,22+,23+,24+,26+,27-/m0/s1. The van der Waals surface area contributed by atoms with Gasteiger partial charge in [0.25, 0.3) is 0 Å². The Labute approximate surface area is 290 Å². The van der Waals surface area contributed by atoms with Crippen LogP contribution < -0.4 is 33.6 Å². The zero-order valence-corrected chi connectivity index (χ0v) is 29.0. The van der Waals surface area contributed by atoms with Gasteiger partial charge in [0.1, 0.15) is 0 Å². The number of amides is 1. The van der Waals surface area contributed by atoms with Crippen LogP contribution in [0.25, 0.3) is 0 Å². The minimum atomic E-state index is -2.81. The second-order valence-electron chi connectivity index (χ2n) is 12.4. The number of halogens is 1. The van der Waals surface area contributed by atoms with E-state index in [-0.39, 0.29) is 32.7 Å². The van der Waals surface area contributed by atoms with E-state index in [0.717, 1.165) is 0 Å². The summed E-state index contributed by atoms with van der Waals surface area (Å²) in [6, 6.07) is -3.21. The van der Waals surface area contributed by atoms with Crippen LogP contribution >= 0.6 is 20.6 Å². The smallest absolute Gasteiger partial charge is 0.388 e. The number of carbonyl (C=O) groups is 1. The average molecular weight is 829 g/mol. The maximum atomic E-state index is 12.5. The number of hydrogen-bond donors (Lipinski definition) is 14. The summed E-state index contributed by atoms with van der Waals surface area (Å²) in [6.07, 6.45) is -17.7. The molecule has 3 aliphatic heterocycles. The van der Waals surface area contributed by atoms with E-state index in [1.807, 2.05) is 0 Å². The number of nitrogens with two attached hydrogens (primary N) is 4. The van der Waals surface area contributed by atoms with Gasteiger partial charge in [-0.3, -0.25) is 0 Å². The molecule has 18 N–H and O–H groups in total. The summed E-state index contributed by atoms with van der Waals surface area (Å²) >= 11 is -2.81. The number of rotatable bonds is 15. The van der Waals surface area contributed by atoms with Crippen molar-refractivity contribution in [2.45, 2.75) is 117 Å². The van der Waals surface area contributed by atoms with Crippen LogP contribution in [0.5, 0.6) is 0 Å². The molecule has 0 spiro atoms. The minimum absolute atomic E-state index is 0.0186. The first-order valence-electron chi connectivity index (χ1n) is 16.2. The fourth-order valence-electron chi connectivity index (χ4n) is 6.04. The quantitative estimate of drug-likeness (QED) is 0.0414. The van der Waals surface area contributed by atoms with Gasteiger partial charge in [-0.05, 0) is 0 Å². The van der Waals surface area contributed by atoms with Gasteiger partial charge < -0.3 is 10.8 Å². The molecule has 0 radical (unpaired) electrons. The molecule has 3 heterocycles. The second-order valence-corrected chi connectivity index (χ2v) is 16.1. The summed E-state index contributed by atoms with van der Waals surface area (Å²) in [6.45, 7) is -0.791. The van der Waals surface area contributed by atoms with Crippen molar-refractivity contribution < 1.29 is 70.7 Å². The molecule has 49 heavy (non-hydrogen) atoms. The average Bonchev–Trinajstić information content (AvgIpc) is 3.38. The third-order valence-corrected chi connectivity index (χ3v) is 12.8. The van der Waals surface area contributed by atoms with Gasteiger partial charge in [0.15, 0.2) is 0 Å². The summed E-state index contributed by atoms with van der Waals surface area (Å²) in [5, 5.41) is 88.5. The second kappa shape index (κ2) is 19.0. The Balaban J connectivity index is 1.52. The van der Waals surface area contributed by atoms with Crippen molar-refractivity contribution in [3.8, 4) is 0 Å². The van der Waals surface area contributed by atoms with Gasteiger partial charge in [-0.15, -0.1) is 0 Å². The number of aliphatic hydroxyl groups excluding tert-OH is 8. The number of hydrogen-bond acceptors (Lipinski definition) is 20. The SMILES string of the molecule is NC[C@@H]1O[C@H](O[C@H]2[C@@H](O)[C@H](O[C@@H]3[C@@H](O)[C@H](NC(=O)[C@@H](O)CN)C[C@H](N)[C@H]3OI3CC[C@H](O)[C@@H](CNCCO)O3)O[C@@H]2CO)[C@H](N)[C@@H](O)[C@@H]1O. The number of carbonyl (C=O) groups excluding carboxylic acids is 1. The summed E-state index contributed by atoms with van der Waals surface area (Å²) < 4.78 is 36.3. The Morgan fingerprint density at radius 1 is 0.898 bits per heavy atom. The molecule has 21 nitrogen and oxygen atoms in total. The van der Waals surface area contributed by atoms with Crippen molar-refractivity contribution in [1.82, 2.24) is 10.6 Å². The fraction of sp³-hybridized carbons (Fsp3) is 0.963. The molecule has 1 aliphatic carbocycles. The molecule has 0 unspecified atom stereocenters. The molecule has 1 amide bonds. The maximum absolute atomic E-state index is 12.5. The molecule has 0 aromatic rings. The van der Waals surface area contributed by atoms with Gasteiger partial charge in [0.05, 0.1) is 0 Å². The van der Waals surface area contributed by atoms with E-state index in [2.05, 4.69) is 10.6 Å². The van der Waals surface area contributed by atoms with Crippen molar-refractivity contribution in [2.24, 2.45) is 22.9 Å². The predicted octanol–water partition coefficient (Wildman–Crippen LogP) is -8.08. The minimum Gasteiger partial charge on any atom is -0.388 e. The topological polar surface area (TPSA) is 362 Å². The van der Waals surface area contributed by atoms with Crippen LogP contribution in [0.4, 0.5) is 0 Å². The van der Waals surface area contributed by atoms with Crippen molar-refractivity contribution in [3.05, 3.63) is 0 Å². The fourth-order valence-corrected chi connectivity index (χ4v) is 10.4. The first kappa shape index (κ1) is 41.2. The van der Waals surface area contributed by atoms with E-state index in [1.54, 1.807) is 0 Å². The molecule has 0 bridgehead atoms. The van der Waals surface area contributed by atoms with E-state index in [1.165, 1.54) is 0 Å². The van der Waals surface area contributed by atoms with Crippen molar-refractivity contribution in [1.29, 1.82) is 0 Å². The molecular formula is C27H53IN6O15. The molecule has 1 saturated carbocycles. The van der Waals surface area contributed by atoms with Crippen LogP contribution in [-0.2, 0) is 29.9 Å². The molecule has 288 valence electrons. The van der Waals surface area contributed by atoms with Crippen molar-refractivity contribution in [3.63, 3.8) is 0 Å². The number of nitrogens with one attached hydrogen (secondary N) is 2. The molecule has 22 heteroatoms.